The molecular weight excluding hydrogens is 258 g/mol. The lowest BCUT2D eigenvalue weighted by Gasteiger charge is -2.09. The van der Waals surface area contributed by atoms with Gasteiger partial charge in [-0.1, -0.05) is 0 Å². The average Bonchev–Trinajstić information content (AvgIpc) is 2.67. The number of pyridine rings is 1. The molecule has 106 valence electrons. The summed E-state index contributed by atoms with van der Waals surface area (Å²) in [4.78, 5) is 13.8. The van der Waals surface area contributed by atoms with Gasteiger partial charge in [0.25, 0.3) is 0 Å². The van der Waals surface area contributed by atoms with E-state index in [9.17, 15) is 4.79 Å². The molecule has 0 spiro atoms. The van der Waals surface area contributed by atoms with E-state index in [1.807, 2.05) is 0 Å². The summed E-state index contributed by atoms with van der Waals surface area (Å²) in [7, 11) is 0. The van der Waals surface area contributed by atoms with Gasteiger partial charge >= 0.3 is 5.97 Å². The van der Waals surface area contributed by atoms with Gasteiger partial charge < -0.3 is 30.3 Å². The number of carbonyl (C=O) groups is 1. The Bertz CT molecular complexity index is 399. The summed E-state index contributed by atoms with van der Waals surface area (Å²) in [6.45, 7) is -0.407. The standard InChI is InChI=1S/C6H5NO2.C5H10O5/c8-6(9)5-2-1-3-7-4-5;6-1-2-3(7)4(8)5(9)10-2/h1-4H,(H,8,9);2-9H,1H2/t;2-,3-,4-,5?/m.1/s1. The Hall–Kier alpha value is -1.58. The maximum absolute atomic E-state index is 10.2. The third-order valence-electron chi connectivity index (χ3n) is 2.43. The van der Waals surface area contributed by atoms with Crippen LogP contribution >= 0.6 is 0 Å². The number of carboxylic acids is 1. The summed E-state index contributed by atoms with van der Waals surface area (Å²) in [6.07, 6.45) is -1.91. The number of hydrogen-bond acceptors (Lipinski definition) is 7. The van der Waals surface area contributed by atoms with Crippen molar-refractivity contribution in [3.8, 4) is 0 Å². The minimum Gasteiger partial charge on any atom is -0.478 e. The van der Waals surface area contributed by atoms with Crippen LogP contribution in [0, 0.1) is 0 Å². The molecule has 1 saturated heterocycles. The Morgan fingerprint density at radius 3 is 2.26 bits per heavy atom. The van der Waals surface area contributed by atoms with Gasteiger partial charge in [-0.15, -0.1) is 0 Å². The van der Waals surface area contributed by atoms with Gasteiger partial charge in [0.15, 0.2) is 6.29 Å². The molecule has 1 aromatic rings. The first-order valence-electron chi connectivity index (χ1n) is 5.41. The summed E-state index contributed by atoms with van der Waals surface area (Å²) in [5, 5.41) is 43.3. The van der Waals surface area contributed by atoms with Gasteiger partial charge in [0, 0.05) is 12.4 Å². The molecule has 8 heteroatoms. The van der Waals surface area contributed by atoms with E-state index >= 15 is 0 Å². The SMILES string of the molecule is O=C(O)c1cccnc1.OC[C@H]1OC(O)[C@H](O)[C@@H]1O. The van der Waals surface area contributed by atoms with Crippen molar-refractivity contribution in [2.75, 3.05) is 6.61 Å². The van der Waals surface area contributed by atoms with Crippen LogP contribution in [-0.2, 0) is 4.74 Å². The largest absolute Gasteiger partial charge is 0.478 e. The predicted molar refractivity (Wildman–Crippen MR) is 61.2 cm³/mol. The highest BCUT2D eigenvalue weighted by atomic mass is 16.6. The van der Waals surface area contributed by atoms with Crippen LogP contribution in [-0.4, -0.2) is 67.7 Å². The zero-order chi connectivity index (χ0) is 14.4. The van der Waals surface area contributed by atoms with Gasteiger partial charge in [-0.3, -0.25) is 4.98 Å². The second-order valence-corrected chi connectivity index (χ2v) is 3.78. The number of aromatic carboxylic acids is 1. The van der Waals surface area contributed by atoms with Crippen molar-refractivity contribution in [2.45, 2.75) is 24.6 Å². The molecule has 1 aromatic heterocycles. The normalized spacial score (nSPS) is 29.5. The number of aliphatic hydroxyl groups is 4. The average molecular weight is 273 g/mol. The molecule has 2 rings (SSSR count). The molecule has 1 aliphatic rings. The van der Waals surface area contributed by atoms with Crippen LogP contribution in [0.2, 0.25) is 0 Å². The molecule has 2 heterocycles. The Labute approximate surface area is 108 Å². The van der Waals surface area contributed by atoms with Crippen molar-refractivity contribution in [2.24, 2.45) is 0 Å². The second kappa shape index (κ2) is 7.12. The van der Waals surface area contributed by atoms with Crippen molar-refractivity contribution >= 4 is 5.97 Å². The Balaban J connectivity index is 0.000000191. The molecule has 0 aromatic carbocycles. The number of hydrogen-bond donors (Lipinski definition) is 5. The zero-order valence-corrected chi connectivity index (χ0v) is 9.83. The Kier molecular flexibility index (Phi) is 5.80. The van der Waals surface area contributed by atoms with Crippen molar-refractivity contribution in [1.82, 2.24) is 4.98 Å². The number of nitrogens with zero attached hydrogens (tertiary/aromatic N) is 1. The molecule has 0 bridgehead atoms. The molecule has 4 atom stereocenters. The summed E-state index contributed by atoms with van der Waals surface area (Å²) in [6, 6.07) is 3.08. The second-order valence-electron chi connectivity index (χ2n) is 3.78. The molecule has 0 aliphatic carbocycles. The number of aromatic nitrogens is 1. The van der Waals surface area contributed by atoms with Crippen LogP contribution in [0.15, 0.2) is 24.5 Å². The molecule has 0 amide bonds. The zero-order valence-electron chi connectivity index (χ0n) is 9.83. The molecule has 1 aliphatic heterocycles. The van der Waals surface area contributed by atoms with Crippen LogP contribution in [0.5, 0.6) is 0 Å². The minimum absolute atomic E-state index is 0.220. The van der Waals surface area contributed by atoms with E-state index in [-0.39, 0.29) is 5.56 Å². The summed E-state index contributed by atoms with van der Waals surface area (Å²) in [5.74, 6) is -0.942. The highest BCUT2D eigenvalue weighted by molar-refractivity contribution is 5.86. The number of rotatable bonds is 2. The quantitative estimate of drug-likeness (QED) is 0.425. The van der Waals surface area contributed by atoms with E-state index in [1.54, 1.807) is 6.07 Å². The van der Waals surface area contributed by atoms with Crippen LogP contribution in [0.25, 0.3) is 0 Å². The lowest BCUT2D eigenvalue weighted by molar-refractivity contribution is -0.132. The predicted octanol–water partition coefficient (Wildman–Crippen LogP) is -1.80. The lowest BCUT2D eigenvalue weighted by Crippen LogP contribution is -2.33. The number of ether oxygens (including phenoxy) is 1. The Morgan fingerprint density at radius 1 is 1.32 bits per heavy atom. The van der Waals surface area contributed by atoms with Gasteiger partial charge in [-0.05, 0) is 12.1 Å². The fraction of sp³-hybridized carbons (Fsp3) is 0.455. The van der Waals surface area contributed by atoms with Gasteiger partial charge in [0.2, 0.25) is 0 Å². The first kappa shape index (κ1) is 15.5. The highest BCUT2D eigenvalue weighted by Gasteiger charge is 2.41. The molecule has 0 radical (unpaired) electrons. The third kappa shape index (κ3) is 4.23. The van der Waals surface area contributed by atoms with Crippen molar-refractivity contribution in [3.63, 3.8) is 0 Å². The van der Waals surface area contributed by atoms with E-state index in [0.717, 1.165) is 0 Å². The van der Waals surface area contributed by atoms with E-state index in [0.29, 0.717) is 0 Å². The van der Waals surface area contributed by atoms with Crippen LogP contribution in [0.1, 0.15) is 10.4 Å². The topological polar surface area (TPSA) is 140 Å². The molecule has 1 fully saturated rings. The van der Waals surface area contributed by atoms with Crippen molar-refractivity contribution < 1.29 is 35.1 Å². The van der Waals surface area contributed by atoms with Gasteiger partial charge in [0.05, 0.1) is 12.2 Å². The Morgan fingerprint density at radius 2 is 2.00 bits per heavy atom. The van der Waals surface area contributed by atoms with Crippen molar-refractivity contribution in [1.29, 1.82) is 0 Å². The van der Waals surface area contributed by atoms with Crippen LogP contribution < -0.4 is 0 Å². The molecule has 5 N–H and O–H groups in total. The van der Waals surface area contributed by atoms with Gasteiger partial charge in [-0.25, -0.2) is 4.79 Å². The van der Waals surface area contributed by atoms with Crippen molar-refractivity contribution in [3.05, 3.63) is 30.1 Å². The van der Waals surface area contributed by atoms with Crippen LogP contribution in [0.4, 0.5) is 0 Å². The van der Waals surface area contributed by atoms with E-state index in [2.05, 4.69) is 9.72 Å². The first-order valence-corrected chi connectivity index (χ1v) is 5.41. The molecule has 19 heavy (non-hydrogen) atoms. The summed E-state index contributed by atoms with van der Waals surface area (Å²) in [5.41, 5.74) is 0.220. The van der Waals surface area contributed by atoms with Gasteiger partial charge in [0.1, 0.15) is 18.3 Å². The number of aliphatic hydroxyl groups excluding tert-OH is 4. The molecule has 8 nitrogen and oxygen atoms in total. The lowest BCUT2D eigenvalue weighted by atomic mass is 10.1. The molecule has 0 saturated carbocycles. The number of carboxylic acid groups (broad SMARTS) is 1. The van der Waals surface area contributed by atoms with Gasteiger partial charge in [-0.2, -0.15) is 0 Å². The summed E-state index contributed by atoms with van der Waals surface area (Å²) < 4.78 is 4.54. The summed E-state index contributed by atoms with van der Waals surface area (Å²) >= 11 is 0. The van der Waals surface area contributed by atoms with E-state index < -0.39 is 37.2 Å². The van der Waals surface area contributed by atoms with E-state index in [1.165, 1.54) is 18.5 Å². The highest BCUT2D eigenvalue weighted by Crippen LogP contribution is 2.18. The maximum Gasteiger partial charge on any atom is 0.337 e. The smallest absolute Gasteiger partial charge is 0.337 e. The maximum atomic E-state index is 10.2. The molecule has 1 unspecified atom stereocenters. The fourth-order valence-corrected chi connectivity index (χ4v) is 1.37. The van der Waals surface area contributed by atoms with Crippen LogP contribution in [0.3, 0.4) is 0 Å². The fourth-order valence-electron chi connectivity index (χ4n) is 1.37. The third-order valence-corrected chi connectivity index (χ3v) is 2.43. The first-order chi connectivity index (χ1) is 8.97. The monoisotopic (exact) mass is 273 g/mol. The molecular formula is C11H15NO7. The minimum atomic E-state index is -1.38. The van der Waals surface area contributed by atoms with E-state index in [4.69, 9.17) is 25.5 Å².